The molecule has 69 heavy (non-hydrogen) atoms. The molecular formula is C43H74N12O14. The fourth-order valence-electron chi connectivity index (χ4n) is 6.66. The van der Waals surface area contributed by atoms with Crippen LogP contribution in [0.5, 0.6) is 0 Å². The minimum Gasteiger partial charge on any atom is -0.480 e. The third-order valence-electron chi connectivity index (χ3n) is 10.8. The number of aromatic nitrogens is 2. The van der Waals surface area contributed by atoms with Gasteiger partial charge in [-0.1, -0.05) is 61.8 Å². The third-order valence-corrected chi connectivity index (χ3v) is 10.8. The number of rotatable bonds is 31. The number of imidazole rings is 1. The van der Waals surface area contributed by atoms with Crippen molar-refractivity contribution < 1.29 is 68.4 Å². The zero-order valence-corrected chi connectivity index (χ0v) is 40.7. The molecule has 17 N–H and O–H groups in total. The summed E-state index contributed by atoms with van der Waals surface area (Å²) in [4.78, 5) is 138. The van der Waals surface area contributed by atoms with Crippen LogP contribution in [0.4, 0.5) is 0 Å². The summed E-state index contributed by atoms with van der Waals surface area (Å²) in [7, 11) is 0. The number of aromatic amines is 1. The van der Waals surface area contributed by atoms with Crippen LogP contribution in [0.2, 0.25) is 0 Å². The second-order valence-electron chi connectivity index (χ2n) is 18.2. The fourth-order valence-corrected chi connectivity index (χ4v) is 6.66. The molecule has 0 bridgehead atoms. The number of hydrogen-bond acceptors (Lipinski definition) is 15. The van der Waals surface area contributed by atoms with Gasteiger partial charge in [-0.2, -0.15) is 0 Å². The molecule has 1 rings (SSSR count). The van der Waals surface area contributed by atoms with Crippen molar-refractivity contribution in [1.29, 1.82) is 0 Å². The lowest BCUT2D eigenvalue weighted by molar-refractivity contribution is -0.143. The van der Waals surface area contributed by atoms with Gasteiger partial charge in [0.25, 0.3) is 0 Å². The highest BCUT2D eigenvalue weighted by atomic mass is 16.4. The zero-order chi connectivity index (χ0) is 52.9. The number of carbonyl (C=O) groups is 10. The predicted octanol–water partition coefficient (Wildman–Crippen LogP) is -4.72. The fraction of sp³-hybridized carbons (Fsp3) is 0.698. The summed E-state index contributed by atoms with van der Waals surface area (Å²) < 4.78 is 0. The van der Waals surface area contributed by atoms with Crippen LogP contribution in [0.25, 0.3) is 0 Å². The molecule has 1 aromatic heterocycles. The Morgan fingerprint density at radius 2 is 1.01 bits per heavy atom. The van der Waals surface area contributed by atoms with Crippen LogP contribution in [-0.2, 0) is 54.4 Å². The summed E-state index contributed by atoms with van der Waals surface area (Å²) in [6.07, 6.45) is 0.724. The Kier molecular flexibility index (Phi) is 26.1. The lowest BCUT2D eigenvalue weighted by Crippen LogP contribution is -2.63. The highest BCUT2D eigenvalue weighted by molar-refractivity contribution is 5.98. The average molecular weight is 983 g/mol. The van der Waals surface area contributed by atoms with Gasteiger partial charge in [-0.15, -0.1) is 0 Å². The van der Waals surface area contributed by atoms with E-state index in [0.29, 0.717) is 5.69 Å². The monoisotopic (exact) mass is 983 g/mol. The molecule has 1 aromatic rings. The molecular weight excluding hydrogens is 909 g/mol. The highest BCUT2D eigenvalue weighted by Crippen LogP contribution is 2.13. The van der Waals surface area contributed by atoms with Crippen molar-refractivity contribution in [2.75, 3.05) is 13.2 Å². The van der Waals surface area contributed by atoms with Crippen LogP contribution in [0.15, 0.2) is 12.5 Å². The van der Waals surface area contributed by atoms with E-state index in [0.717, 1.165) is 6.92 Å². The van der Waals surface area contributed by atoms with E-state index < -0.39 is 151 Å². The molecule has 26 heteroatoms. The Morgan fingerprint density at radius 1 is 0.594 bits per heavy atom. The molecule has 0 spiro atoms. The number of H-pyrrole nitrogens is 1. The van der Waals surface area contributed by atoms with E-state index in [1.54, 1.807) is 55.4 Å². The molecule has 0 unspecified atom stereocenters. The first-order valence-corrected chi connectivity index (χ1v) is 22.7. The number of aliphatic carboxylic acids is 1. The number of carbonyl (C=O) groups excluding carboxylic acids is 9. The quantitative estimate of drug-likeness (QED) is 0.0332. The number of primary amides is 1. The van der Waals surface area contributed by atoms with Gasteiger partial charge in [0.05, 0.1) is 38.1 Å². The van der Waals surface area contributed by atoms with E-state index in [1.165, 1.54) is 12.5 Å². The zero-order valence-electron chi connectivity index (χ0n) is 40.7. The largest absolute Gasteiger partial charge is 0.480 e. The number of amides is 9. The van der Waals surface area contributed by atoms with Crippen LogP contribution in [0.3, 0.4) is 0 Å². The number of aliphatic hydroxyl groups is 3. The van der Waals surface area contributed by atoms with Crippen molar-refractivity contribution >= 4 is 59.1 Å². The molecule has 0 aliphatic heterocycles. The van der Waals surface area contributed by atoms with Gasteiger partial charge in [-0.05, 0) is 43.4 Å². The second kappa shape index (κ2) is 29.6. The minimum atomic E-state index is -1.78. The van der Waals surface area contributed by atoms with Crippen molar-refractivity contribution in [2.24, 2.45) is 35.1 Å². The van der Waals surface area contributed by atoms with Gasteiger partial charge in [0.1, 0.15) is 48.3 Å². The van der Waals surface area contributed by atoms with Crippen LogP contribution in [0, 0.1) is 23.7 Å². The second-order valence-corrected chi connectivity index (χ2v) is 18.2. The van der Waals surface area contributed by atoms with Crippen LogP contribution >= 0.6 is 0 Å². The van der Waals surface area contributed by atoms with E-state index in [1.807, 2.05) is 0 Å². The van der Waals surface area contributed by atoms with Gasteiger partial charge in [0, 0.05) is 18.3 Å². The van der Waals surface area contributed by atoms with Gasteiger partial charge in [0.15, 0.2) is 0 Å². The van der Waals surface area contributed by atoms with Crippen LogP contribution in [-0.4, -0.2) is 163 Å². The molecule has 1 heterocycles. The summed E-state index contributed by atoms with van der Waals surface area (Å²) in [5.74, 6) is -11.5. The third kappa shape index (κ3) is 20.9. The molecule has 11 atom stereocenters. The van der Waals surface area contributed by atoms with Crippen LogP contribution < -0.4 is 54.0 Å². The van der Waals surface area contributed by atoms with Crippen molar-refractivity contribution in [3.8, 4) is 0 Å². The Bertz CT molecular complexity index is 1900. The van der Waals surface area contributed by atoms with Gasteiger partial charge < -0.3 is 79.4 Å². The van der Waals surface area contributed by atoms with Gasteiger partial charge >= 0.3 is 5.97 Å². The van der Waals surface area contributed by atoms with Crippen molar-refractivity contribution in [2.45, 2.75) is 155 Å². The van der Waals surface area contributed by atoms with E-state index in [9.17, 15) is 68.4 Å². The summed E-state index contributed by atoms with van der Waals surface area (Å²) in [6, 6.07) is -13.4. The smallest absolute Gasteiger partial charge is 0.326 e. The van der Waals surface area contributed by atoms with Gasteiger partial charge in [-0.25, -0.2) is 9.78 Å². The number of carboxylic acids is 1. The van der Waals surface area contributed by atoms with Gasteiger partial charge in [0.2, 0.25) is 53.2 Å². The lowest BCUT2D eigenvalue weighted by atomic mass is 9.97. The number of nitrogens with zero attached hydrogens (tertiary/aromatic N) is 1. The standard InChI is InChI=1S/C43H74N12O14/c1-10-22(8)33(54-39(64)30(17-57)52-42(67)34(23(9)58)55-40(65)32(21(6)7)53-35(60)25(44)14-31(45)59)41(66)49-27(13-24-15-46-18-47-24)37(62)51-29(16-56)38(63)48-26(11-19(2)3)36(61)50-28(43(68)69)12-20(4)5/h15,18-23,25-30,32-34,56-58H,10-14,16-17,44H2,1-9H3,(H2,45,59)(H,46,47)(H,48,63)(H,49,66)(H,50,61)(H,51,62)(H,52,67)(H,53,60)(H,54,64)(H,55,65)(H,68,69)/t22-,23+,25-,26-,27-,28-,29-,30-,32-,33-,34-/m0/s1. The summed E-state index contributed by atoms with van der Waals surface area (Å²) in [6.45, 7) is 12.6. The van der Waals surface area contributed by atoms with E-state index >= 15 is 0 Å². The Balaban J connectivity index is 3.33. The normalized spacial score (nSPS) is 16.2. The van der Waals surface area contributed by atoms with Gasteiger partial charge in [-0.3, -0.25) is 43.2 Å². The number of hydrogen-bond donors (Lipinski definition) is 15. The molecule has 0 radical (unpaired) electrons. The molecule has 9 amide bonds. The lowest BCUT2D eigenvalue weighted by Gasteiger charge is -2.30. The van der Waals surface area contributed by atoms with E-state index in [-0.39, 0.29) is 37.5 Å². The summed E-state index contributed by atoms with van der Waals surface area (Å²) in [5.41, 5.74) is 11.1. The van der Waals surface area contributed by atoms with Crippen LogP contribution in [0.1, 0.15) is 93.7 Å². The molecule has 0 fully saturated rings. The number of carboxylic acid groups (broad SMARTS) is 1. The first kappa shape index (κ1) is 60.8. The highest BCUT2D eigenvalue weighted by Gasteiger charge is 2.37. The molecule has 0 aliphatic carbocycles. The summed E-state index contributed by atoms with van der Waals surface area (Å²) >= 11 is 0. The van der Waals surface area contributed by atoms with Crippen molar-refractivity contribution in [1.82, 2.24) is 52.5 Å². The maximum absolute atomic E-state index is 14.0. The Labute approximate surface area is 400 Å². The number of nitrogens with one attached hydrogen (secondary N) is 9. The molecule has 26 nitrogen and oxygen atoms in total. The Hall–Kier alpha value is -6.25. The maximum Gasteiger partial charge on any atom is 0.326 e. The molecule has 0 saturated carbocycles. The minimum absolute atomic E-state index is 0.0643. The number of nitrogens with two attached hydrogens (primary N) is 2. The Morgan fingerprint density at radius 3 is 1.48 bits per heavy atom. The van der Waals surface area contributed by atoms with Crippen molar-refractivity contribution in [3.05, 3.63) is 18.2 Å². The maximum atomic E-state index is 14.0. The molecule has 390 valence electrons. The SMILES string of the molecule is CC[C@H](C)[C@H](NC(=O)[C@H](CO)NC(=O)[C@@H](NC(=O)[C@@H](NC(=O)[C@@H](N)CC(N)=O)C(C)C)[C@@H](C)O)C(=O)N[C@@H](Cc1cnc[nH]1)C(=O)N[C@@H](CO)C(=O)N[C@@H](CC(C)C)C(=O)N[C@@H](CC(C)C)C(=O)O. The van der Waals surface area contributed by atoms with E-state index in [4.69, 9.17) is 11.5 Å². The molecule has 0 saturated heterocycles. The first-order chi connectivity index (χ1) is 32.2. The topological polar surface area (TPSA) is 429 Å². The first-order valence-electron chi connectivity index (χ1n) is 22.7. The van der Waals surface area contributed by atoms with E-state index in [2.05, 4.69) is 52.5 Å². The predicted molar refractivity (Wildman–Crippen MR) is 246 cm³/mol. The van der Waals surface area contributed by atoms with Crippen molar-refractivity contribution in [3.63, 3.8) is 0 Å². The number of aliphatic hydroxyl groups excluding tert-OH is 3. The summed E-state index contributed by atoms with van der Waals surface area (Å²) in [5, 5.41) is 59.8. The molecule has 0 aliphatic rings. The average Bonchev–Trinajstić information content (AvgIpc) is 3.78. The molecule has 0 aromatic carbocycles.